The summed E-state index contributed by atoms with van der Waals surface area (Å²) in [5.41, 5.74) is 2.60. The Morgan fingerprint density at radius 2 is 2.35 bits per heavy atom. The van der Waals surface area contributed by atoms with Gasteiger partial charge in [-0.3, -0.25) is 9.88 Å². The van der Waals surface area contributed by atoms with Crippen LogP contribution in [-0.2, 0) is 6.54 Å². The van der Waals surface area contributed by atoms with Crippen LogP contribution < -0.4 is 5.32 Å². The predicted octanol–water partition coefficient (Wildman–Crippen LogP) is 1.82. The van der Waals surface area contributed by atoms with E-state index in [4.69, 9.17) is 0 Å². The molecule has 0 spiro atoms. The molecule has 94 valence electrons. The molecular formula is C14H23N3. The highest BCUT2D eigenvalue weighted by atomic mass is 15.1. The first kappa shape index (κ1) is 12.5. The zero-order valence-corrected chi connectivity index (χ0v) is 10.9. The number of nitrogens with one attached hydrogen (secondary N) is 1. The van der Waals surface area contributed by atoms with Crippen molar-refractivity contribution < 1.29 is 0 Å². The van der Waals surface area contributed by atoms with Crippen molar-refractivity contribution in [1.82, 2.24) is 15.2 Å². The lowest BCUT2D eigenvalue weighted by molar-refractivity contribution is 0.166. The van der Waals surface area contributed by atoms with E-state index in [2.05, 4.69) is 28.2 Å². The zero-order valence-electron chi connectivity index (χ0n) is 10.9. The van der Waals surface area contributed by atoms with Gasteiger partial charge in [-0.2, -0.15) is 0 Å². The maximum absolute atomic E-state index is 4.27. The lowest BCUT2D eigenvalue weighted by Gasteiger charge is -2.32. The van der Waals surface area contributed by atoms with Gasteiger partial charge in [0.25, 0.3) is 0 Å². The zero-order chi connectivity index (χ0) is 12.1. The van der Waals surface area contributed by atoms with E-state index in [1.807, 2.05) is 19.4 Å². The number of nitrogens with zero attached hydrogens (tertiary/aromatic N) is 2. The van der Waals surface area contributed by atoms with Crippen molar-refractivity contribution in [1.29, 1.82) is 0 Å². The van der Waals surface area contributed by atoms with Crippen molar-refractivity contribution in [2.45, 2.75) is 26.3 Å². The highest BCUT2D eigenvalue weighted by Gasteiger charge is 2.19. The van der Waals surface area contributed by atoms with Crippen LogP contribution >= 0.6 is 0 Å². The van der Waals surface area contributed by atoms with E-state index < -0.39 is 0 Å². The molecule has 1 unspecified atom stereocenters. The number of pyridine rings is 1. The van der Waals surface area contributed by atoms with E-state index in [9.17, 15) is 0 Å². The number of aryl methyl sites for hydroxylation is 1. The minimum absolute atomic E-state index is 0.812. The Morgan fingerprint density at radius 1 is 1.47 bits per heavy atom. The van der Waals surface area contributed by atoms with Crippen LogP contribution in [0.15, 0.2) is 18.5 Å². The Hall–Kier alpha value is -0.930. The van der Waals surface area contributed by atoms with Gasteiger partial charge in [0.05, 0.1) is 0 Å². The van der Waals surface area contributed by atoms with Crippen molar-refractivity contribution >= 4 is 0 Å². The summed E-state index contributed by atoms with van der Waals surface area (Å²) in [6.45, 7) is 6.75. The smallest absolute Gasteiger partial charge is 0.0313 e. The van der Waals surface area contributed by atoms with Crippen molar-refractivity contribution in [2.24, 2.45) is 5.92 Å². The predicted molar refractivity (Wildman–Crippen MR) is 70.9 cm³/mol. The summed E-state index contributed by atoms with van der Waals surface area (Å²) in [5, 5.41) is 3.29. The van der Waals surface area contributed by atoms with Gasteiger partial charge in [-0.25, -0.2) is 0 Å². The third kappa shape index (κ3) is 3.79. The summed E-state index contributed by atoms with van der Waals surface area (Å²) >= 11 is 0. The van der Waals surface area contributed by atoms with Gasteiger partial charge in [0, 0.05) is 25.5 Å². The molecule has 2 heterocycles. The molecule has 17 heavy (non-hydrogen) atoms. The maximum Gasteiger partial charge on any atom is 0.0313 e. The number of aromatic nitrogens is 1. The molecule has 1 saturated heterocycles. The summed E-state index contributed by atoms with van der Waals surface area (Å²) in [4.78, 5) is 6.82. The fourth-order valence-corrected chi connectivity index (χ4v) is 2.71. The second-order valence-electron chi connectivity index (χ2n) is 5.17. The average molecular weight is 233 g/mol. The number of hydrogen-bond donors (Lipinski definition) is 1. The average Bonchev–Trinajstić information content (AvgIpc) is 2.30. The van der Waals surface area contributed by atoms with Crippen LogP contribution in [0, 0.1) is 12.8 Å². The van der Waals surface area contributed by atoms with Crippen LogP contribution in [0.1, 0.15) is 24.0 Å². The fraction of sp³-hybridized carbons (Fsp3) is 0.643. The third-order valence-electron chi connectivity index (χ3n) is 3.43. The molecule has 1 aliphatic rings. The van der Waals surface area contributed by atoms with Crippen LogP contribution in [0.4, 0.5) is 0 Å². The van der Waals surface area contributed by atoms with Gasteiger partial charge in [-0.15, -0.1) is 0 Å². The van der Waals surface area contributed by atoms with Gasteiger partial charge in [0.15, 0.2) is 0 Å². The van der Waals surface area contributed by atoms with Crippen LogP contribution in [0.25, 0.3) is 0 Å². The molecule has 1 aliphatic heterocycles. The molecule has 3 heteroatoms. The third-order valence-corrected chi connectivity index (χ3v) is 3.43. The van der Waals surface area contributed by atoms with Gasteiger partial charge in [-0.1, -0.05) is 6.07 Å². The first-order valence-electron chi connectivity index (χ1n) is 6.55. The van der Waals surface area contributed by atoms with Crippen LogP contribution in [0.3, 0.4) is 0 Å². The second-order valence-corrected chi connectivity index (χ2v) is 5.17. The molecule has 1 N–H and O–H groups in total. The van der Waals surface area contributed by atoms with Crippen molar-refractivity contribution in [3.8, 4) is 0 Å². The SMILES string of the molecule is CNCC1CCCN(Cc2cncc(C)c2)C1. The molecule has 1 aromatic rings. The fourth-order valence-electron chi connectivity index (χ4n) is 2.71. The van der Waals surface area contributed by atoms with Crippen molar-refractivity contribution in [2.75, 3.05) is 26.7 Å². The minimum Gasteiger partial charge on any atom is -0.319 e. The van der Waals surface area contributed by atoms with Crippen molar-refractivity contribution in [3.63, 3.8) is 0 Å². The molecule has 0 radical (unpaired) electrons. The Bertz CT molecular complexity index is 349. The first-order valence-corrected chi connectivity index (χ1v) is 6.55. The Balaban J connectivity index is 1.90. The molecule has 2 rings (SSSR count). The van der Waals surface area contributed by atoms with E-state index in [0.29, 0.717) is 0 Å². The second kappa shape index (κ2) is 6.12. The van der Waals surface area contributed by atoms with Crippen LogP contribution in [-0.4, -0.2) is 36.6 Å². The normalized spacial score (nSPS) is 21.6. The quantitative estimate of drug-likeness (QED) is 0.860. The summed E-state index contributed by atoms with van der Waals surface area (Å²) in [6, 6.07) is 2.24. The van der Waals surface area contributed by atoms with Crippen LogP contribution in [0.2, 0.25) is 0 Å². The molecule has 0 saturated carbocycles. The highest BCUT2D eigenvalue weighted by Crippen LogP contribution is 2.17. The van der Waals surface area contributed by atoms with E-state index >= 15 is 0 Å². The van der Waals surface area contributed by atoms with Gasteiger partial charge >= 0.3 is 0 Å². The molecule has 0 aliphatic carbocycles. The number of rotatable bonds is 4. The topological polar surface area (TPSA) is 28.2 Å². The van der Waals surface area contributed by atoms with E-state index in [1.165, 1.54) is 37.1 Å². The Kier molecular flexibility index (Phi) is 4.51. The van der Waals surface area contributed by atoms with E-state index in [0.717, 1.165) is 19.0 Å². The molecule has 0 bridgehead atoms. The summed E-state index contributed by atoms with van der Waals surface area (Å²) in [5.74, 6) is 0.812. The van der Waals surface area contributed by atoms with Gasteiger partial charge in [-0.05, 0) is 56.9 Å². The lowest BCUT2D eigenvalue weighted by Crippen LogP contribution is -2.38. The molecule has 1 fully saturated rings. The molecule has 0 amide bonds. The lowest BCUT2D eigenvalue weighted by atomic mass is 9.97. The molecule has 0 aromatic carbocycles. The number of likely N-dealkylation sites (tertiary alicyclic amines) is 1. The molecule has 1 aromatic heterocycles. The molecular weight excluding hydrogens is 210 g/mol. The monoisotopic (exact) mass is 233 g/mol. The van der Waals surface area contributed by atoms with Gasteiger partial charge in [0.2, 0.25) is 0 Å². The summed E-state index contributed by atoms with van der Waals surface area (Å²) < 4.78 is 0. The minimum atomic E-state index is 0.812. The molecule has 3 nitrogen and oxygen atoms in total. The van der Waals surface area contributed by atoms with Gasteiger partial charge in [0.1, 0.15) is 0 Å². The summed E-state index contributed by atoms with van der Waals surface area (Å²) in [7, 11) is 2.05. The van der Waals surface area contributed by atoms with Crippen molar-refractivity contribution in [3.05, 3.63) is 29.6 Å². The number of piperidine rings is 1. The maximum atomic E-state index is 4.27. The molecule has 1 atom stereocenters. The largest absolute Gasteiger partial charge is 0.319 e. The van der Waals surface area contributed by atoms with Crippen LogP contribution in [0.5, 0.6) is 0 Å². The highest BCUT2D eigenvalue weighted by molar-refractivity contribution is 5.16. The first-order chi connectivity index (χ1) is 8.28. The Labute approximate surface area is 104 Å². The van der Waals surface area contributed by atoms with E-state index in [-0.39, 0.29) is 0 Å². The Morgan fingerprint density at radius 3 is 3.12 bits per heavy atom. The van der Waals surface area contributed by atoms with Gasteiger partial charge < -0.3 is 5.32 Å². The summed E-state index contributed by atoms with van der Waals surface area (Å²) in [6.07, 6.45) is 6.60. The standard InChI is InChI=1S/C14H23N3/c1-12-6-14(9-16-7-12)11-17-5-3-4-13(10-17)8-15-2/h6-7,9,13,15H,3-5,8,10-11H2,1-2H3. The van der Waals surface area contributed by atoms with E-state index in [1.54, 1.807) is 0 Å². The number of hydrogen-bond acceptors (Lipinski definition) is 3.